The second-order valence-electron chi connectivity index (χ2n) is 6.90. The Labute approximate surface area is 118 Å². The summed E-state index contributed by atoms with van der Waals surface area (Å²) in [4.78, 5) is 0. The Morgan fingerprint density at radius 2 is 1.79 bits per heavy atom. The fourth-order valence-electron chi connectivity index (χ4n) is 3.91. The highest BCUT2D eigenvalue weighted by atomic mass is 16.5. The maximum absolute atomic E-state index is 5.79. The molecule has 0 aromatic carbocycles. The molecule has 0 spiro atoms. The maximum Gasteiger partial charge on any atom is 0.0576 e. The van der Waals surface area contributed by atoms with Gasteiger partial charge < -0.3 is 4.74 Å². The van der Waals surface area contributed by atoms with Crippen molar-refractivity contribution in [2.45, 2.75) is 77.4 Å². The first-order valence-corrected chi connectivity index (χ1v) is 8.28. The van der Waals surface area contributed by atoms with Crippen LogP contribution in [-0.2, 0) is 4.74 Å². The van der Waals surface area contributed by atoms with Gasteiger partial charge in [0, 0.05) is 12.6 Å². The standard InChI is InChI=1S/C16H32N2O/c1-12(2)13-5-7-14(8-6-13)16(18-17)10-9-15-4-3-11-19-15/h12-16,18H,3-11,17H2,1-2H3. The first-order valence-electron chi connectivity index (χ1n) is 8.28. The molecule has 0 amide bonds. The van der Waals surface area contributed by atoms with Gasteiger partial charge in [0.05, 0.1) is 6.10 Å². The van der Waals surface area contributed by atoms with Crippen LogP contribution in [-0.4, -0.2) is 18.8 Å². The molecule has 19 heavy (non-hydrogen) atoms. The number of ether oxygens (including phenoxy) is 1. The second-order valence-corrected chi connectivity index (χ2v) is 6.90. The number of hydrogen-bond acceptors (Lipinski definition) is 3. The molecule has 3 N–H and O–H groups in total. The van der Waals surface area contributed by atoms with Crippen LogP contribution in [0.4, 0.5) is 0 Å². The monoisotopic (exact) mass is 268 g/mol. The van der Waals surface area contributed by atoms with Crippen molar-refractivity contribution in [2.24, 2.45) is 23.6 Å². The Kier molecular flexibility index (Phi) is 6.11. The predicted octanol–water partition coefficient (Wildman–Crippen LogP) is 3.24. The average molecular weight is 268 g/mol. The number of hydrogen-bond donors (Lipinski definition) is 2. The van der Waals surface area contributed by atoms with Crippen LogP contribution in [0.15, 0.2) is 0 Å². The number of nitrogens with two attached hydrogens (primary N) is 1. The normalized spacial score (nSPS) is 33.8. The summed E-state index contributed by atoms with van der Waals surface area (Å²) in [6, 6.07) is 0.498. The first-order chi connectivity index (χ1) is 9.20. The van der Waals surface area contributed by atoms with Gasteiger partial charge in [-0.3, -0.25) is 11.3 Å². The first kappa shape index (κ1) is 15.3. The molecule has 0 aromatic rings. The lowest BCUT2D eigenvalue weighted by molar-refractivity contribution is 0.0936. The summed E-state index contributed by atoms with van der Waals surface area (Å²) in [5, 5.41) is 0. The molecule has 1 aliphatic heterocycles. The zero-order valence-corrected chi connectivity index (χ0v) is 12.7. The van der Waals surface area contributed by atoms with Crippen molar-refractivity contribution < 1.29 is 4.74 Å². The molecule has 2 fully saturated rings. The van der Waals surface area contributed by atoms with Crippen LogP contribution in [0.5, 0.6) is 0 Å². The van der Waals surface area contributed by atoms with Gasteiger partial charge in [0.25, 0.3) is 0 Å². The molecular formula is C16H32N2O. The molecule has 1 saturated carbocycles. The molecule has 3 nitrogen and oxygen atoms in total. The van der Waals surface area contributed by atoms with Gasteiger partial charge in [-0.15, -0.1) is 0 Å². The van der Waals surface area contributed by atoms with E-state index in [2.05, 4.69) is 19.3 Å². The molecule has 2 unspecified atom stereocenters. The van der Waals surface area contributed by atoms with Gasteiger partial charge in [-0.05, 0) is 69.1 Å². The summed E-state index contributed by atoms with van der Waals surface area (Å²) < 4.78 is 5.72. The summed E-state index contributed by atoms with van der Waals surface area (Å²) in [7, 11) is 0. The van der Waals surface area contributed by atoms with Crippen molar-refractivity contribution in [1.82, 2.24) is 5.43 Å². The molecule has 2 rings (SSSR count). The maximum atomic E-state index is 5.79. The van der Waals surface area contributed by atoms with Crippen molar-refractivity contribution >= 4 is 0 Å². The zero-order valence-electron chi connectivity index (χ0n) is 12.7. The Morgan fingerprint density at radius 1 is 1.11 bits per heavy atom. The molecular weight excluding hydrogens is 236 g/mol. The Hall–Kier alpha value is -0.120. The fraction of sp³-hybridized carbons (Fsp3) is 1.00. The molecule has 2 aliphatic rings. The Bertz CT molecular complexity index is 243. The zero-order chi connectivity index (χ0) is 13.7. The summed E-state index contributed by atoms with van der Waals surface area (Å²) in [6.45, 7) is 5.69. The van der Waals surface area contributed by atoms with E-state index in [1.807, 2.05) is 0 Å². The molecule has 0 aromatic heterocycles. The van der Waals surface area contributed by atoms with E-state index in [0.29, 0.717) is 12.1 Å². The van der Waals surface area contributed by atoms with Crippen LogP contribution in [0.1, 0.15) is 65.2 Å². The Morgan fingerprint density at radius 3 is 2.32 bits per heavy atom. The van der Waals surface area contributed by atoms with Gasteiger partial charge in [-0.25, -0.2) is 0 Å². The quantitative estimate of drug-likeness (QED) is 0.574. The van der Waals surface area contributed by atoms with Crippen molar-refractivity contribution in [1.29, 1.82) is 0 Å². The van der Waals surface area contributed by atoms with Crippen molar-refractivity contribution in [3.8, 4) is 0 Å². The van der Waals surface area contributed by atoms with Crippen LogP contribution in [0.25, 0.3) is 0 Å². The number of hydrazine groups is 1. The molecule has 0 bridgehead atoms. The summed E-state index contributed by atoms with van der Waals surface area (Å²) >= 11 is 0. The van der Waals surface area contributed by atoms with Crippen molar-refractivity contribution in [2.75, 3.05) is 6.61 Å². The van der Waals surface area contributed by atoms with Crippen LogP contribution in [0.3, 0.4) is 0 Å². The summed E-state index contributed by atoms with van der Waals surface area (Å²) in [6.07, 6.45) is 10.8. The van der Waals surface area contributed by atoms with Crippen LogP contribution < -0.4 is 11.3 Å². The molecule has 3 heteroatoms. The third-order valence-corrected chi connectivity index (χ3v) is 5.37. The molecule has 112 valence electrons. The number of nitrogens with one attached hydrogen (secondary N) is 1. The topological polar surface area (TPSA) is 47.3 Å². The van der Waals surface area contributed by atoms with Gasteiger partial charge >= 0.3 is 0 Å². The van der Waals surface area contributed by atoms with Gasteiger partial charge in [-0.2, -0.15) is 0 Å². The highest BCUT2D eigenvalue weighted by molar-refractivity contribution is 4.82. The smallest absolute Gasteiger partial charge is 0.0576 e. The van der Waals surface area contributed by atoms with E-state index in [9.17, 15) is 0 Å². The van der Waals surface area contributed by atoms with Gasteiger partial charge in [0.2, 0.25) is 0 Å². The minimum Gasteiger partial charge on any atom is -0.378 e. The predicted molar refractivity (Wildman–Crippen MR) is 79.6 cm³/mol. The van der Waals surface area contributed by atoms with E-state index in [4.69, 9.17) is 10.6 Å². The lowest BCUT2D eigenvalue weighted by Gasteiger charge is -2.35. The van der Waals surface area contributed by atoms with Crippen LogP contribution in [0, 0.1) is 17.8 Å². The van der Waals surface area contributed by atoms with Crippen molar-refractivity contribution in [3.05, 3.63) is 0 Å². The van der Waals surface area contributed by atoms with Crippen LogP contribution >= 0.6 is 0 Å². The molecule has 2 atom stereocenters. The average Bonchev–Trinajstić information content (AvgIpc) is 2.93. The molecule has 1 aliphatic carbocycles. The number of rotatable bonds is 6. The SMILES string of the molecule is CC(C)C1CCC(C(CCC2CCCO2)NN)CC1. The van der Waals surface area contributed by atoms with E-state index in [1.165, 1.54) is 51.4 Å². The second kappa shape index (κ2) is 7.61. The third kappa shape index (κ3) is 4.44. The van der Waals surface area contributed by atoms with E-state index in [0.717, 1.165) is 24.4 Å². The highest BCUT2D eigenvalue weighted by Crippen LogP contribution is 2.35. The molecule has 1 heterocycles. The Balaban J connectivity index is 1.72. The largest absolute Gasteiger partial charge is 0.378 e. The molecule has 0 radical (unpaired) electrons. The minimum absolute atomic E-state index is 0.498. The van der Waals surface area contributed by atoms with E-state index >= 15 is 0 Å². The van der Waals surface area contributed by atoms with E-state index in [-0.39, 0.29) is 0 Å². The fourth-order valence-corrected chi connectivity index (χ4v) is 3.91. The van der Waals surface area contributed by atoms with E-state index < -0.39 is 0 Å². The van der Waals surface area contributed by atoms with Crippen molar-refractivity contribution in [3.63, 3.8) is 0 Å². The lowest BCUT2D eigenvalue weighted by atomic mass is 9.74. The van der Waals surface area contributed by atoms with Gasteiger partial charge in [0.1, 0.15) is 0 Å². The lowest BCUT2D eigenvalue weighted by Crippen LogP contribution is -2.43. The summed E-state index contributed by atoms with van der Waals surface area (Å²) in [5.41, 5.74) is 3.08. The summed E-state index contributed by atoms with van der Waals surface area (Å²) in [5.74, 6) is 8.35. The van der Waals surface area contributed by atoms with E-state index in [1.54, 1.807) is 0 Å². The third-order valence-electron chi connectivity index (χ3n) is 5.37. The van der Waals surface area contributed by atoms with Crippen LogP contribution in [0.2, 0.25) is 0 Å². The molecule has 1 saturated heterocycles. The van der Waals surface area contributed by atoms with Gasteiger partial charge in [-0.1, -0.05) is 13.8 Å². The van der Waals surface area contributed by atoms with Gasteiger partial charge in [0.15, 0.2) is 0 Å². The highest BCUT2D eigenvalue weighted by Gasteiger charge is 2.29. The minimum atomic E-state index is 0.498.